The SMILES string of the molecule is CC(Nc1c(F)cccc1Br)c1cc(O)ccc1O. The summed E-state index contributed by atoms with van der Waals surface area (Å²) in [4.78, 5) is 0. The van der Waals surface area contributed by atoms with Crippen molar-refractivity contribution in [3.8, 4) is 11.5 Å². The third-order valence-electron chi connectivity index (χ3n) is 2.80. The average molecular weight is 326 g/mol. The molecule has 0 saturated carbocycles. The molecule has 0 aliphatic carbocycles. The van der Waals surface area contributed by atoms with E-state index in [0.717, 1.165) is 0 Å². The highest BCUT2D eigenvalue weighted by atomic mass is 79.9. The minimum atomic E-state index is -0.388. The summed E-state index contributed by atoms with van der Waals surface area (Å²) in [5.41, 5.74) is 0.813. The third-order valence-corrected chi connectivity index (χ3v) is 3.46. The van der Waals surface area contributed by atoms with E-state index in [1.165, 1.54) is 24.3 Å². The van der Waals surface area contributed by atoms with Crippen LogP contribution in [0.4, 0.5) is 10.1 Å². The molecule has 0 bridgehead atoms. The van der Waals surface area contributed by atoms with Crippen molar-refractivity contribution >= 4 is 21.6 Å². The van der Waals surface area contributed by atoms with Crippen LogP contribution in [0.1, 0.15) is 18.5 Å². The summed E-state index contributed by atoms with van der Waals surface area (Å²) in [6.45, 7) is 1.77. The molecular formula is C14H13BrFNO2. The van der Waals surface area contributed by atoms with Crippen LogP contribution in [0.25, 0.3) is 0 Å². The Morgan fingerprint density at radius 2 is 1.95 bits per heavy atom. The van der Waals surface area contributed by atoms with E-state index in [-0.39, 0.29) is 23.4 Å². The minimum absolute atomic E-state index is 0.0465. The van der Waals surface area contributed by atoms with Gasteiger partial charge in [-0.3, -0.25) is 0 Å². The number of nitrogens with one attached hydrogen (secondary N) is 1. The van der Waals surface area contributed by atoms with Gasteiger partial charge >= 0.3 is 0 Å². The number of halogens is 2. The Hall–Kier alpha value is -1.75. The zero-order chi connectivity index (χ0) is 14.0. The molecule has 0 aliphatic rings. The second kappa shape index (κ2) is 5.48. The van der Waals surface area contributed by atoms with Crippen molar-refractivity contribution in [3.05, 3.63) is 52.3 Å². The Labute approximate surface area is 118 Å². The first-order valence-corrected chi connectivity index (χ1v) is 6.50. The van der Waals surface area contributed by atoms with Crippen molar-refractivity contribution in [2.75, 3.05) is 5.32 Å². The predicted molar refractivity (Wildman–Crippen MR) is 75.9 cm³/mol. The summed E-state index contributed by atoms with van der Waals surface area (Å²) >= 11 is 3.27. The molecule has 19 heavy (non-hydrogen) atoms. The quantitative estimate of drug-likeness (QED) is 0.742. The Morgan fingerprint density at radius 1 is 1.21 bits per heavy atom. The minimum Gasteiger partial charge on any atom is -0.508 e. The van der Waals surface area contributed by atoms with Gasteiger partial charge in [0.15, 0.2) is 0 Å². The lowest BCUT2D eigenvalue weighted by atomic mass is 10.1. The van der Waals surface area contributed by atoms with Crippen molar-refractivity contribution in [1.29, 1.82) is 0 Å². The lowest BCUT2D eigenvalue weighted by molar-refractivity contribution is 0.451. The lowest BCUT2D eigenvalue weighted by Crippen LogP contribution is -2.08. The standard InChI is InChI=1S/C14H13BrFNO2/c1-8(10-7-9(18)5-6-13(10)19)17-14-11(15)3-2-4-12(14)16/h2-8,17-19H,1H3. The number of rotatable bonds is 3. The Balaban J connectivity index is 2.31. The maximum atomic E-state index is 13.7. The number of benzene rings is 2. The number of phenolic OH excluding ortho intramolecular Hbond substituents is 2. The van der Waals surface area contributed by atoms with Crippen molar-refractivity contribution in [2.45, 2.75) is 13.0 Å². The topological polar surface area (TPSA) is 52.5 Å². The zero-order valence-electron chi connectivity index (χ0n) is 10.2. The molecule has 0 aliphatic heterocycles. The number of anilines is 1. The molecule has 2 aromatic rings. The highest BCUT2D eigenvalue weighted by molar-refractivity contribution is 9.10. The highest BCUT2D eigenvalue weighted by Crippen LogP contribution is 2.33. The van der Waals surface area contributed by atoms with Crippen LogP contribution in [0, 0.1) is 5.82 Å². The van der Waals surface area contributed by atoms with Gasteiger partial charge in [0.2, 0.25) is 0 Å². The van der Waals surface area contributed by atoms with Gasteiger partial charge in [-0.15, -0.1) is 0 Å². The molecule has 5 heteroatoms. The molecule has 100 valence electrons. The monoisotopic (exact) mass is 325 g/mol. The molecule has 0 amide bonds. The third kappa shape index (κ3) is 2.98. The van der Waals surface area contributed by atoms with Crippen molar-refractivity contribution < 1.29 is 14.6 Å². The molecule has 1 atom stereocenters. The summed E-state index contributed by atoms with van der Waals surface area (Å²) in [7, 11) is 0. The van der Waals surface area contributed by atoms with Crippen molar-refractivity contribution in [3.63, 3.8) is 0 Å². The van der Waals surface area contributed by atoms with Gasteiger partial charge in [0, 0.05) is 10.0 Å². The van der Waals surface area contributed by atoms with Crippen LogP contribution in [0.5, 0.6) is 11.5 Å². The van der Waals surface area contributed by atoms with Crippen LogP contribution in [-0.4, -0.2) is 10.2 Å². The molecule has 2 aromatic carbocycles. The highest BCUT2D eigenvalue weighted by Gasteiger charge is 2.14. The molecule has 0 spiro atoms. The van der Waals surface area contributed by atoms with Crippen LogP contribution in [0.2, 0.25) is 0 Å². The molecule has 0 fully saturated rings. The van der Waals surface area contributed by atoms with E-state index in [1.54, 1.807) is 19.1 Å². The molecular weight excluding hydrogens is 313 g/mol. The normalized spacial score (nSPS) is 12.2. The number of hydrogen-bond acceptors (Lipinski definition) is 3. The lowest BCUT2D eigenvalue weighted by Gasteiger charge is -2.18. The maximum absolute atomic E-state index is 13.7. The summed E-state index contributed by atoms with van der Waals surface area (Å²) < 4.78 is 14.3. The van der Waals surface area contributed by atoms with Crippen LogP contribution in [0.3, 0.4) is 0 Å². The van der Waals surface area contributed by atoms with E-state index >= 15 is 0 Å². The summed E-state index contributed by atoms with van der Waals surface area (Å²) in [6, 6.07) is 8.55. The first-order chi connectivity index (χ1) is 8.99. The van der Waals surface area contributed by atoms with Gasteiger partial charge in [-0.05, 0) is 53.2 Å². The predicted octanol–water partition coefficient (Wildman–Crippen LogP) is 4.17. The molecule has 0 saturated heterocycles. The summed E-state index contributed by atoms with van der Waals surface area (Å²) in [6.07, 6.45) is 0. The van der Waals surface area contributed by atoms with Gasteiger partial charge < -0.3 is 15.5 Å². The van der Waals surface area contributed by atoms with E-state index in [0.29, 0.717) is 15.7 Å². The van der Waals surface area contributed by atoms with E-state index < -0.39 is 0 Å². The van der Waals surface area contributed by atoms with Gasteiger partial charge in [0.1, 0.15) is 17.3 Å². The first kappa shape index (κ1) is 13.7. The van der Waals surface area contributed by atoms with Gasteiger partial charge in [-0.25, -0.2) is 4.39 Å². The van der Waals surface area contributed by atoms with Crippen LogP contribution < -0.4 is 5.32 Å². The average Bonchev–Trinajstić information content (AvgIpc) is 2.37. The van der Waals surface area contributed by atoms with E-state index in [1.807, 2.05) is 0 Å². The van der Waals surface area contributed by atoms with Crippen LogP contribution in [0.15, 0.2) is 40.9 Å². The van der Waals surface area contributed by atoms with Crippen LogP contribution in [-0.2, 0) is 0 Å². The zero-order valence-corrected chi connectivity index (χ0v) is 11.8. The van der Waals surface area contributed by atoms with Crippen molar-refractivity contribution in [2.24, 2.45) is 0 Å². The molecule has 3 N–H and O–H groups in total. The summed E-state index contributed by atoms with van der Waals surface area (Å²) in [5.74, 6) is -0.292. The fraction of sp³-hybridized carbons (Fsp3) is 0.143. The number of aromatic hydroxyl groups is 2. The maximum Gasteiger partial charge on any atom is 0.147 e. The largest absolute Gasteiger partial charge is 0.508 e. The first-order valence-electron chi connectivity index (χ1n) is 5.71. The Kier molecular flexibility index (Phi) is 3.95. The van der Waals surface area contributed by atoms with E-state index in [4.69, 9.17) is 0 Å². The van der Waals surface area contributed by atoms with Gasteiger partial charge in [-0.2, -0.15) is 0 Å². The second-order valence-corrected chi connectivity index (χ2v) is 5.06. The fourth-order valence-corrected chi connectivity index (χ4v) is 2.28. The van der Waals surface area contributed by atoms with Gasteiger partial charge in [-0.1, -0.05) is 6.07 Å². The number of hydrogen-bond donors (Lipinski definition) is 3. The Morgan fingerprint density at radius 3 is 2.63 bits per heavy atom. The number of phenols is 2. The van der Waals surface area contributed by atoms with Gasteiger partial charge in [0.25, 0.3) is 0 Å². The molecule has 0 radical (unpaired) electrons. The molecule has 1 unspecified atom stereocenters. The number of para-hydroxylation sites is 1. The van der Waals surface area contributed by atoms with Crippen LogP contribution >= 0.6 is 15.9 Å². The second-order valence-electron chi connectivity index (χ2n) is 4.21. The smallest absolute Gasteiger partial charge is 0.147 e. The molecule has 0 aromatic heterocycles. The van der Waals surface area contributed by atoms with Crippen molar-refractivity contribution in [1.82, 2.24) is 0 Å². The van der Waals surface area contributed by atoms with Gasteiger partial charge in [0.05, 0.1) is 11.7 Å². The van der Waals surface area contributed by atoms with E-state index in [9.17, 15) is 14.6 Å². The Bertz CT molecular complexity index is 584. The fourth-order valence-electron chi connectivity index (χ4n) is 1.82. The molecule has 2 rings (SSSR count). The molecule has 3 nitrogen and oxygen atoms in total. The molecule has 0 heterocycles. The van der Waals surface area contributed by atoms with E-state index in [2.05, 4.69) is 21.2 Å². The summed E-state index contributed by atoms with van der Waals surface area (Å²) in [5, 5.41) is 22.2.